The molecule has 0 saturated carbocycles. The third kappa shape index (κ3) is 3.47. The number of fused-ring (bicyclic) bond motifs is 1. The molecule has 0 aliphatic heterocycles. The van der Waals surface area contributed by atoms with Crippen LogP contribution in [0.25, 0.3) is 22.3 Å². The van der Waals surface area contributed by atoms with Crippen LogP contribution < -0.4 is 9.47 Å². The van der Waals surface area contributed by atoms with Crippen LogP contribution in [0.4, 0.5) is 0 Å². The number of carbonyl (C=O) groups excluding carboxylic acids is 1. The molecule has 0 aliphatic carbocycles. The number of carbonyl (C=O) groups is 1. The molecule has 0 radical (unpaired) electrons. The highest BCUT2D eigenvalue weighted by Gasteiger charge is 2.26. The molecule has 0 aliphatic rings. The van der Waals surface area contributed by atoms with Crippen molar-refractivity contribution in [3.8, 4) is 40.1 Å². The number of ether oxygens (including phenoxy) is 2. The van der Waals surface area contributed by atoms with Crippen LogP contribution >= 0.6 is 0 Å². The molecule has 0 atom stereocenters. The van der Waals surface area contributed by atoms with Crippen LogP contribution in [0.2, 0.25) is 0 Å². The van der Waals surface area contributed by atoms with Gasteiger partial charge in [0.25, 0.3) is 0 Å². The van der Waals surface area contributed by atoms with Crippen molar-refractivity contribution in [1.29, 1.82) is 0 Å². The van der Waals surface area contributed by atoms with Crippen LogP contribution in [0, 0.1) is 0 Å². The van der Waals surface area contributed by atoms with Crippen molar-refractivity contribution < 1.29 is 34.0 Å². The lowest BCUT2D eigenvalue weighted by molar-refractivity contribution is 0.112. The van der Waals surface area contributed by atoms with E-state index in [0.29, 0.717) is 24.0 Å². The minimum absolute atomic E-state index is 0.00868. The van der Waals surface area contributed by atoms with Crippen molar-refractivity contribution in [3.05, 3.63) is 41.0 Å². The van der Waals surface area contributed by atoms with Gasteiger partial charge in [0.1, 0.15) is 39.9 Å². The number of phenolic OH excluding ortho intramolecular Hbond substituents is 3. The first-order valence-corrected chi connectivity index (χ1v) is 8.86. The summed E-state index contributed by atoms with van der Waals surface area (Å²) in [4.78, 5) is 11.9. The zero-order valence-corrected chi connectivity index (χ0v) is 16.6. The van der Waals surface area contributed by atoms with Gasteiger partial charge in [-0.25, -0.2) is 0 Å². The number of furan rings is 1. The number of phenols is 3. The maximum Gasteiger partial charge on any atom is 0.154 e. The highest BCUT2D eigenvalue weighted by Crippen LogP contribution is 2.48. The lowest BCUT2D eigenvalue weighted by Gasteiger charge is -2.10. The van der Waals surface area contributed by atoms with Crippen LogP contribution in [0.15, 0.2) is 34.3 Å². The van der Waals surface area contributed by atoms with E-state index in [4.69, 9.17) is 13.9 Å². The molecule has 7 heteroatoms. The second-order valence-corrected chi connectivity index (χ2v) is 6.77. The minimum atomic E-state index is -0.333. The molecule has 3 rings (SSSR count). The highest BCUT2D eigenvalue weighted by molar-refractivity contribution is 6.07. The molecule has 29 heavy (non-hydrogen) atoms. The van der Waals surface area contributed by atoms with E-state index < -0.39 is 0 Å². The van der Waals surface area contributed by atoms with Gasteiger partial charge in [-0.15, -0.1) is 0 Å². The summed E-state index contributed by atoms with van der Waals surface area (Å²) in [5.74, 6) is -0.249. The number of hydrogen-bond donors (Lipinski definition) is 3. The van der Waals surface area contributed by atoms with E-state index in [1.54, 1.807) is 6.07 Å². The Morgan fingerprint density at radius 3 is 2.24 bits per heavy atom. The highest BCUT2D eigenvalue weighted by atomic mass is 16.5. The number of allylic oxidation sites excluding steroid dienone is 2. The van der Waals surface area contributed by atoms with Gasteiger partial charge in [-0.2, -0.15) is 0 Å². The number of rotatable bonds is 6. The standard InChI is InChI=1S/C22H22O7/c1-11(2)5-6-13-17(28-4)9-18-19(21(13)26)14(10-23)22(29-18)20-15(24)7-12(27-3)8-16(20)25/h5,7-10,24-26H,6H2,1-4H3. The number of aldehydes is 1. The number of aromatic hydroxyl groups is 3. The molecule has 3 N–H and O–H groups in total. The zero-order chi connectivity index (χ0) is 21.3. The Morgan fingerprint density at radius 2 is 1.72 bits per heavy atom. The molecule has 152 valence electrons. The Morgan fingerprint density at radius 1 is 1.07 bits per heavy atom. The van der Waals surface area contributed by atoms with Gasteiger partial charge in [0, 0.05) is 23.8 Å². The first kappa shape index (κ1) is 20.1. The minimum Gasteiger partial charge on any atom is -0.507 e. The Balaban J connectivity index is 2.34. The van der Waals surface area contributed by atoms with Crippen LogP contribution in [0.3, 0.4) is 0 Å². The van der Waals surface area contributed by atoms with Gasteiger partial charge in [-0.1, -0.05) is 11.6 Å². The SMILES string of the molecule is COc1cc(O)c(-c2oc3cc(OC)c(CC=C(C)C)c(O)c3c2C=O)c(O)c1. The summed E-state index contributed by atoms with van der Waals surface area (Å²) in [6.45, 7) is 3.87. The van der Waals surface area contributed by atoms with E-state index in [1.165, 1.54) is 26.4 Å². The predicted molar refractivity (Wildman–Crippen MR) is 108 cm³/mol. The van der Waals surface area contributed by atoms with Crippen molar-refractivity contribution in [3.63, 3.8) is 0 Å². The van der Waals surface area contributed by atoms with Gasteiger partial charge in [0.05, 0.1) is 25.2 Å². The maximum absolute atomic E-state index is 11.9. The van der Waals surface area contributed by atoms with Crippen LogP contribution in [0.1, 0.15) is 29.8 Å². The van der Waals surface area contributed by atoms with Crippen LogP contribution in [0.5, 0.6) is 28.7 Å². The summed E-state index contributed by atoms with van der Waals surface area (Å²) < 4.78 is 16.2. The normalized spacial score (nSPS) is 10.8. The molecule has 1 aromatic heterocycles. The van der Waals surface area contributed by atoms with Crippen molar-refractivity contribution in [2.45, 2.75) is 20.3 Å². The van der Waals surface area contributed by atoms with E-state index in [1.807, 2.05) is 19.9 Å². The van der Waals surface area contributed by atoms with E-state index in [9.17, 15) is 20.1 Å². The number of benzene rings is 2. The predicted octanol–water partition coefficient (Wildman–Crippen LogP) is 4.56. The summed E-state index contributed by atoms with van der Waals surface area (Å²) in [6, 6.07) is 4.15. The van der Waals surface area contributed by atoms with Gasteiger partial charge < -0.3 is 29.2 Å². The fourth-order valence-corrected chi connectivity index (χ4v) is 3.20. The van der Waals surface area contributed by atoms with Crippen molar-refractivity contribution in [2.75, 3.05) is 14.2 Å². The van der Waals surface area contributed by atoms with Gasteiger partial charge in [0.15, 0.2) is 12.0 Å². The number of methoxy groups -OCH3 is 2. The van der Waals surface area contributed by atoms with Crippen molar-refractivity contribution in [1.82, 2.24) is 0 Å². The zero-order valence-electron chi connectivity index (χ0n) is 16.6. The van der Waals surface area contributed by atoms with Gasteiger partial charge in [-0.3, -0.25) is 4.79 Å². The molecule has 1 heterocycles. The second kappa shape index (κ2) is 7.79. The largest absolute Gasteiger partial charge is 0.507 e. The van der Waals surface area contributed by atoms with E-state index in [-0.39, 0.29) is 50.9 Å². The molecule has 3 aromatic rings. The molecule has 0 spiro atoms. The first-order valence-electron chi connectivity index (χ1n) is 8.86. The number of hydrogen-bond acceptors (Lipinski definition) is 7. The Hall–Kier alpha value is -3.61. The van der Waals surface area contributed by atoms with Crippen LogP contribution in [-0.2, 0) is 6.42 Å². The topological polar surface area (TPSA) is 109 Å². The summed E-state index contributed by atoms with van der Waals surface area (Å²) in [6.07, 6.45) is 2.83. The molecular formula is C22H22O7. The van der Waals surface area contributed by atoms with Gasteiger partial charge >= 0.3 is 0 Å². The molecule has 7 nitrogen and oxygen atoms in total. The molecule has 0 fully saturated rings. The third-order valence-electron chi connectivity index (χ3n) is 4.64. The molecule has 0 bridgehead atoms. The second-order valence-electron chi connectivity index (χ2n) is 6.77. The fraction of sp³-hybridized carbons (Fsp3) is 0.227. The van der Waals surface area contributed by atoms with E-state index in [0.717, 1.165) is 5.57 Å². The van der Waals surface area contributed by atoms with Crippen molar-refractivity contribution >= 4 is 17.3 Å². The quantitative estimate of drug-likeness (QED) is 0.413. The van der Waals surface area contributed by atoms with Crippen LogP contribution in [-0.4, -0.2) is 35.8 Å². The molecule has 0 amide bonds. The van der Waals surface area contributed by atoms with Gasteiger partial charge in [-0.05, 0) is 20.3 Å². The summed E-state index contributed by atoms with van der Waals surface area (Å²) in [7, 11) is 2.86. The summed E-state index contributed by atoms with van der Waals surface area (Å²) in [5.41, 5.74) is 1.68. The molecule has 2 aromatic carbocycles. The molecule has 0 unspecified atom stereocenters. The lowest BCUT2D eigenvalue weighted by atomic mass is 10.00. The van der Waals surface area contributed by atoms with E-state index >= 15 is 0 Å². The Kier molecular flexibility index (Phi) is 5.41. The Labute approximate surface area is 167 Å². The summed E-state index contributed by atoms with van der Waals surface area (Å²) >= 11 is 0. The average molecular weight is 398 g/mol. The first-order chi connectivity index (χ1) is 13.8. The maximum atomic E-state index is 11.9. The molecular weight excluding hydrogens is 376 g/mol. The lowest BCUT2D eigenvalue weighted by Crippen LogP contribution is -1.93. The third-order valence-corrected chi connectivity index (χ3v) is 4.64. The fourth-order valence-electron chi connectivity index (χ4n) is 3.20. The summed E-state index contributed by atoms with van der Waals surface area (Å²) in [5, 5.41) is 31.8. The van der Waals surface area contributed by atoms with Crippen molar-refractivity contribution in [2.24, 2.45) is 0 Å². The smallest absolute Gasteiger partial charge is 0.154 e. The monoisotopic (exact) mass is 398 g/mol. The van der Waals surface area contributed by atoms with Gasteiger partial charge in [0.2, 0.25) is 0 Å². The van der Waals surface area contributed by atoms with E-state index in [2.05, 4.69) is 0 Å². The Bertz CT molecular complexity index is 1100. The average Bonchev–Trinajstić information content (AvgIpc) is 3.04. The molecule has 0 saturated heterocycles.